The Hall–Kier alpha value is -1.58. The van der Waals surface area contributed by atoms with Crippen LogP contribution in [-0.4, -0.2) is 23.1 Å². The highest BCUT2D eigenvalue weighted by Crippen LogP contribution is 2.21. The summed E-state index contributed by atoms with van der Waals surface area (Å²) in [6.45, 7) is 2.71. The summed E-state index contributed by atoms with van der Waals surface area (Å²) in [5.74, 6) is 0.907. The van der Waals surface area contributed by atoms with E-state index in [4.69, 9.17) is 4.42 Å². The van der Waals surface area contributed by atoms with Crippen LogP contribution >= 0.6 is 0 Å². The lowest BCUT2D eigenvalue weighted by molar-refractivity contribution is 0.0654. The summed E-state index contributed by atoms with van der Waals surface area (Å²) in [6.07, 6.45) is 1.17. The van der Waals surface area contributed by atoms with Crippen molar-refractivity contribution in [3.63, 3.8) is 0 Å². The standard InChI is InChI=1S/C15H19NO2/c1-12(15(17)13-7-4-3-5-8-13)16(2)11-14-9-6-10-18-14/h3-10,12,15,17H,11H2,1-2H3. The highest BCUT2D eigenvalue weighted by Gasteiger charge is 2.20. The predicted molar refractivity (Wildman–Crippen MR) is 71.0 cm³/mol. The van der Waals surface area contributed by atoms with Gasteiger partial charge in [-0.3, -0.25) is 4.90 Å². The van der Waals surface area contributed by atoms with E-state index in [0.29, 0.717) is 6.54 Å². The van der Waals surface area contributed by atoms with Crippen molar-refractivity contribution in [1.29, 1.82) is 0 Å². The normalized spacial score (nSPS) is 14.7. The van der Waals surface area contributed by atoms with Crippen molar-refractivity contribution in [3.05, 3.63) is 60.1 Å². The van der Waals surface area contributed by atoms with Gasteiger partial charge < -0.3 is 9.52 Å². The maximum atomic E-state index is 10.3. The zero-order valence-corrected chi connectivity index (χ0v) is 10.8. The van der Waals surface area contributed by atoms with E-state index in [9.17, 15) is 5.11 Å². The lowest BCUT2D eigenvalue weighted by atomic mass is 10.0. The Balaban J connectivity index is 2.00. The fourth-order valence-electron chi connectivity index (χ4n) is 1.96. The van der Waals surface area contributed by atoms with E-state index in [0.717, 1.165) is 11.3 Å². The summed E-state index contributed by atoms with van der Waals surface area (Å²) < 4.78 is 5.32. The molecule has 3 heteroatoms. The van der Waals surface area contributed by atoms with Gasteiger partial charge in [-0.05, 0) is 31.7 Å². The van der Waals surface area contributed by atoms with Crippen LogP contribution in [0.3, 0.4) is 0 Å². The van der Waals surface area contributed by atoms with Gasteiger partial charge in [0.15, 0.2) is 0 Å². The number of likely N-dealkylation sites (N-methyl/N-ethyl adjacent to an activating group) is 1. The summed E-state index contributed by atoms with van der Waals surface area (Å²) in [5, 5.41) is 10.3. The molecule has 0 radical (unpaired) electrons. The fourth-order valence-corrected chi connectivity index (χ4v) is 1.96. The first-order valence-electron chi connectivity index (χ1n) is 6.14. The summed E-state index contributed by atoms with van der Waals surface area (Å²) in [6, 6.07) is 13.6. The molecule has 0 aliphatic heterocycles. The van der Waals surface area contributed by atoms with E-state index in [2.05, 4.69) is 4.90 Å². The van der Waals surface area contributed by atoms with Crippen LogP contribution in [0.5, 0.6) is 0 Å². The third-order valence-electron chi connectivity index (χ3n) is 3.28. The van der Waals surface area contributed by atoms with Crippen LogP contribution in [-0.2, 0) is 6.54 Å². The minimum absolute atomic E-state index is 0.0255. The third-order valence-corrected chi connectivity index (χ3v) is 3.28. The van der Waals surface area contributed by atoms with Gasteiger partial charge in [0.25, 0.3) is 0 Å². The molecule has 0 aliphatic carbocycles. The minimum Gasteiger partial charge on any atom is -0.468 e. The monoisotopic (exact) mass is 245 g/mol. The average Bonchev–Trinajstić information content (AvgIpc) is 2.91. The second-order valence-corrected chi connectivity index (χ2v) is 4.59. The molecule has 1 heterocycles. The second-order valence-electron chi connectivity index (χ2n) is 4.59. The van der Waals surface area contributed by atoms with Crippen molar-refractivity contribution in [3.8, 4) is 0 Å². The largest absolute Gasteiger partial charge is 0.468 e. The molecule has 3 nitrogen and oxygen atoms in total. The number of nitrogens with zero attached hydrogens (tertiary/aromatic N) is 1. The Kier molecular flexibility index (Phi) is 4.18. The summed E-state index contributed by atoms with van der Waals surface area (Å²) in [4.78, 5) is 2.08. The van der Waals surface area contributed by atoms with Gasteiger partial charge in [0.1, 0.15) is 5.76 Å². The third kappa shape index (κ3) is 3.00. The highest BCUT2D eigenvalue weighted by atomic mass is 16.3. The van der Waals surface area contributed by atoms with E-state index < -0.39 is 6.10 Å². The Bertz CT molecular complexity index is 453. The molecule has 0 saturated carbocycles. The number of benzene rings is 1. The molecule has 1 N–H and O–H groups in total. The number of hydrogen-bond donors (Lipinski definition) is 1. The molecule has 0 spiro atoms. The minimum atomic E-state index is -0.494. The zero-order valence-electron chi connectivity index (χ0n) is 10.8. The molecule has 2 unspecified atom stereocenters. The van der Waals surface area contributed by atoms with Crippen LogP contribution in [0.15, 0.2) is 53.1 Å². The van der Waals surface area contributed by atoms with Crippen molar-refractivity contribution in [1.82, 2.24) is 4.90 Å². The molecule has 0 saturated heterocycles. The molecule has 2 rings (SSSR count). The van der Waals surface area contributed by atoms with E-state index in [-0.39, 0.29) is 6.04 Å². The molecule has 0 aliphatic rings. The molecule has 1 aromatic carbocycles. The SMILES string of the molecule is CC(C(O)c1ccccc1)N(C)Cc1ccco1. The maximum absolute atomic E-state index is 10.3. The fraction of sp³-hybridized carbons (Fsp3) is 0.333. The van der Waals surface area contributed by atoms with Gasteiger partial charge in [0.05, 0.1) is 18.9 Å². The van der Waals surface area contributed by atoms with Crippen molar-refractivity contribution >= 4 is 0 Å². The molecule has 0 fully saturated rings. The van der Waals surface area contributed by atoms with Gasteiger partial charge in [-0.1, -0.05) is 30.3 Å². The lowest BCUT2D eigenvalue weighted by Gasteiger charge is -2.28. The summed E-state index contributed by atoms with van der Waals surface area (Å²) in [5.41, 5.74) is 0.941. The number of hydrogen-bond acceptors (Lipinski definition) is 3. The van der Waals surface area contributed by atoms with Gasteiger partial charge in [-0.25, -0.2) is 0 Å². The van der Waals surface area contributed by atoms with Crippen LogP contribution in [0, 0.1) is 0 Å². The maximum Gasteiger partial charge on any atom is 0.117 e. The van der Waals surface area contributed by atoms with Gasteiger partial charge in [-0.15, -0.1) is 0 Å². The quantitative estimate of drug-likeness (QED) is 0.880. The molecular formula is C15H19NO2. The Morgan fingerprint density at radius 3 is 2.50 bits per heavy atom. The van der Waals surface area contributed by atoms with Crippen molar-refractivity contribution in [2.75, 3.05) is 7.05 Å². The van der Waals surface area contributed by atoms with Crippen LogP contribution < -0.4 is 0 Å². The molecule has 0 bridgehead atoms. The number of rotatable bonds is 5. The van der Waals surface area contributed by atoms with E-state index >= 15 is 0 Å². The van der Waals surface area contributed by atoms with Gasteiger partial charge in [-0.2, -0.15) is 0 Å². The predicted octanol–water partition coefficient (Wildman–Crippen LogP) is 2.83. The Morgan fingerprint density at radius 1 is 1.17 bits per heavy atom. The summed E-state index contributed by atoms with van der Waals surface area (Å²) >= 11 is 0. The van der Waals surface area contributed by atoms with E-state index in [1.807, 2.05) is 56.4 Å². The summed E-state index contributed by atoms with van der Waals surface area (Å²) in [7, 11) is 1.99. The smallest absolute Gasteiger partial charge is 0.117 e. The molecule has 18 heavy (non-hydrogen) atoms. The first kappa shape index (κ1) is 12.9. The highest BCUT2D eigenvalue weighted by molar-refractivity contribution is 5.18. The van der Waals surface area contributed by atoms with Crippen molar-refractivity contribution < 1.29 is 9.52 Å². The Morgan fingerprint density at radius 2 is 1.89 bits per heavy atom. The molecule has 2 aromatic rings. The molecular weight excluding hydrogens is 226 g/mol. The molecule has 0 amide bonds. The number of aliphatic hydroxyl groups excluding tert-OH is 1. The number of aliphatic hydroxyl groups is 1. The van der Waals surface area contributed by atoms with Crippen LogP contribution in [0.1, 0.15) is 24.4 Å². The van der Waals surface area contributed by atoms with Crippen LogP contribution in [0.4, 0.5) is 0 Å². The average molecular weight is 245 g/mol. The first-order chi connectivity index (χ1) is 8.68. The molecule has 96 valence electrons. The van der Waals surface area contributed by atoms with Gasteiger partial charge in [0.2, 0.25) is 0 Å². The number of furan rings is 1. The molecule has 2 atom stereocenters. The lowest BCUT2D eigenvalue weighted by Crippen LogP contribution is -2.33. The molecule has 1 aromatic heterocycles. The van der Waals surface area contributed by atoms with Gasteiger partial charge in [0, 0.05) is 6.04 Å². The topological polar surface area (TPSA) is 36.6 Å². The van der Waals surface area contributed by atoms with Gasteiger partial charge >= 0.3 is 0 Å². The van der Waals surface area contributed by atoms with Crippen LogP contribution in [0.2, 0.25) is 0 Å². The van der Waals surface area contributed by atoms with Crippen molar-refractivity contribution in [2.45, 2.75) is 25.6 Å². The Labute approximate surface area is 108 Å². The zero-order chi connectivity index (χ0) is 13.0. The van der Waals surface area contributed by atoms with Crippen LogP contribution in [0.25, 0.3) is 0 Å². The van der Waals surface area contributed by atoms with E-state index in [1.54, 1.807) is 6.26 Å². The first-order valence-corrected chi connectivity index (χ1v) is 6.14. The second kappa shape index (κ2) is 5.85. The van der Waals surface area contributed by atoms with Crippen molar-refractivity contribution in [2.24, 2.45) is 0 Å². The van der Waals surface area contributed by atoms with E-state index in [1.165, 1.54) is 0 Å².